The van der Waals surface area contributed by atoms with Crippen LogP contribution in [0.1, 0.15) is 12.0 Å². The number of carboxylic acid groups (broad SMARTS) is 1. The Hall–Kier alpha value is -2.29. The molecule has 2 rings (SSSR count). The molecule has 0 spiro atoms. The van der Waals surface area contributed by atoms with Gasteiger partial charge >= 0.3 is 12.3 Å². The predicted octanol–water partition coefficient (Wildman–Crippen LogP) is 1.83. The number of nitrogens with zero attached hydrogens (tertiary/aromatic N) is 1. The van der Waals surface area contributed by atoms with Crippen molar-refractivity contribution in [1.82, 2.24) is 4.90 Å². The first-order chi connectivity index (χ1) is 11.3. The van der Waals surface area contributed by atoms with Crippen LogP contribution in [0.25, 0.3) is 0 Å². The fraction of sp³-hybridized carbons (Fsp3) is 0.467. The number of hydrogen-bond acceptors (Lipinski definition) is 4. The number of carboxylic acids is 1. The van der Waals surface area contributed by atoms with Crippen LogP contribution in [-0.4, -0.2) is 54.0 Å². The number of carbonyl (C=O) groups excluding carboxylic acids is 1. The van der Waals surface area contributed by atoms with Crippen LogP contribution in [0.15, 0.2) is 24.3 Å². The highest BCUT2D eigenvalue weighted by atomic mass is 19.4. The predicted molar refractivity (Wildman–Crippen MR) is 75.4 cm³/mol. The molecule has 132 valence electrons. The first-order valence-corrected chi connectivity index (χ1v) is 7.22. The summed E-state index contributed by atoms with van der Waals surface area (Å²) in [5, 5.41) is 8.90. The highest BCUT2D eigenvalue weighted by molar-refractivity contribution is 5.79. The molecule has 0 bridgehead atoms. The highest BCUT2D eigenvalue weighted by Crippen LogP contribution is 2.27. The molecule has 1 atom stereocenters. The van der Waals surface area contributed by atoms with Gasteiger partial charge in [0.05, 0.1) is 13.2 Å². The van der Waals surface area contributed by atoms with Crippen molar-refractivity contribution in [2.24, 2.45) is 0 Å². The summed E-state index contributed by atoms with van der Waals surface area (Å²) in [6.45, 7) is 0.286. The highest BCUT2D eigenvalue weighted by Gasteiger charge is 2.32. The molecule has 1 amide bonds. The van der Waals surface area contributed by atoms with Gasteiger partial charge in [-0.15, -0.1) is 13.2 Å². The summed E-state index contributed by atoms with van der Waals surface area (Å²) in [6.07, 6.45) is -5.88. The lowest BCUT2D eigenvalue weighted by molar-refractivity contribution is -0.274. The van der Waals surface area contributed by atoms with Crippen molar-refractivity contribution in [3.8, 4) is 5.75 Å². The van der Waals surface area contributed by atoms with E-state index >= 15 is 0 Å². The third-order valence-corrected chi connectivity index (χ3v) is 3.50. The van der Waals surface area contributed by atoms with Gasteiger partial charge in [-0.2, -0.15) is 0 Å². The minimum atomic E-state index is -4.81. The number of halogens is 3. The molecular weight excluding hydrogens is 331 g/mol. The molecule has 1 aliphatic heterocycles. The van der Waals surface area contributed by atoms with E-state index in [4.69, 9.17) is 9.84 Å². The number of aliphatic carboxylic acids is 1. The molecular formula is C15H16F3NO5. The monoisotopic (exact) mass is 347 g/mol. The topological polar surface area (TPSA) is 76.1 Å². The average molecular weight is 347 g/mol. The van der Waals surface area contributed by atoms with E-state index < -0.39 is 18.4 Å². The smallest absolute Gasteiger partial charge is 0.479 e. The van der Waals surface area contributed by atoms with Gasteiger partial charge in [-0.1, -0.05) is 18.2 Å². The van der Waals surface area contributed by atoms with Crippen molar-refractivity contribution in [2.45, 2.75) is 25.3 Å². The van der Waals surface area contributed by atoms with Crippen LogP contribution in [0.2, 0.25) is 0 Å². The normalized spacial score (nSPS) is 18.3. The SMILES string of the molecule is O=C(O)[C@@H]1CN(C(=O)CCc2ccccc2OC(F)(F)F)CCO1. The van der Waals surface area contributed by atoms with Gasteiger partial charge in [0.25, 0.3) is 0 Å². The molecule has 0 aromatic heterocycles. The molecule has 1 fully saturated rings. The Morgan fingerprint density at radius 1 is 1.33 bits per heavy atom. The van der Waals surface area contributed by atoms with Crippen LogP contribution in [0.3, 0.4) is 0 Å². The maximum atomic E-state index is 12.4. The third kappa shape index (κ3) is 5.12. The largest absolute Gasteiger partial charge is 0.573 e. The van der Waals surface area contributed by atoms with Crippen LogP contribution in [0.4, 0.5) is 13.2 Å². The summed E-state index contributed by atoms with van der Waals surface area (Å²) in [4.78, 5) is 24.4. The zero-order valence-electron chi connectivity index (χ0n) is 12.6. The Labute approximate surface area is 135 Å². The summed E-state index contributed by atoms with van der Waals surface area (Å²) < 4.78 is 46.0. The minimum absolute atomic E-state index is 0.0510. The number of amides is 1. The van der Waals surface area contributed by atoms with Crippen LogP contribution >= 0.6 is 0 Å². The number of alkyl halides is 3. The van der Waals surface area contributed by atoms with Crippen molar-refractivity contribution in [3.63, 3.8) is 0 Å². The van der Waals surface area contributed by atoms with Crippen LogP contribution in [0, 0.1) is 0 Å². The summed E-state index contributed by atoms with van der Waals surface area (Å²) >= 11 is 0. The molecule has 1 aliphatic rings. The van der Waals surface area contributed by atoms with Crippen molar-refractivity contribution in [3.05, 3.63) is 29.8 Å². The van der Waals surface area contributed by atoms with E-state index in [1.165, 1.54) is 23.1 Å². The van der Waals surface area contributed by atoms with Crippen LogP contribution in [0.5, 0.6) is 5.75 Å². The molecule has 1 saturated heterocycles. The molecule has 0 radical (unpaired) electrons. The Balaban J connectivity index is 1.96. The van der Waals surface area contributed by atoms with Crippen molar-refractivity contribution >= 4 is 11.9 Å². The number of morpholine rings is 1. The maximum Gasteiger partial charge on any atom is 0.573 e. The van der Waals surface area contributed by atoms with Crippen LogP contribution in [-0.2, 0) is 20.7 Å². The van der Waals surface area contributed by atoms with E-state index in [0.29, 0.717) is 0 Å². The molecule has 1 N–H and O–H groups in total. The van der Waals surface area contributed by atoms with Gasteiger partial charge in [-0.05, 0) is 18.1 Å². The van der Waals surface area contributed by atoms with Gasteiger partial charge in [0.15, 0.2) is 6.10 Å². The number of hydrogen-bond donors (Lipinski definition) is 1. The van der Waals surface area contributed by atoms with E-state index in [2.05, 4.69) is 4.74 Å². The maximum absolute atomic E-state index is 12.4. The minimum Gasteiger partial charge on any atom is -0.479 e. The number of ether oxygens (including phenoxy) is 2. The molecule has 0 saturated carbocycles. The number of para-hydroxylation sites is 1. The van der Waals surface area contributed by atoms with E-state index in [1.54, 1.807) is 6.07 Å². The molecule has 0 unspecified atom stereocenters. The summed E-state index contributed by atoms with van der Waals surface area (Å²) in [6, 6.07) is 5.60. The van der Waals surface area contributed by atoms with Gasteiger partial charge in [-0.3, -0.25) is 4.79 Å². The summed E-state index contributed by atoms with van der Waals surface area (Å²) in [7, 11) is 0. The van der Waals surface area contributed by atoms with Crippen molar-refractivity contribution in [2.75, 3.05) is 19.7 Å². The lowest BCUT2D eigenvalue weighted by Gasteiger charge is -2.31. The summed E-state index contributed by atoms with van der Waals surface area (Å²) in [5.41, 5.74) is 0.256. The second-order valence-corrected chi connectivity index (χ2v) is 5.19. The van der Waals surface area contributed by atoms with Gasteiger partial charge in [0, 0.05) is 13.0 Å². The first-order valence-electron chi connectivity index (χ1n) is 7.22. The number of aryl methyl sites for hydroxylation is 1. The molecule has 1 aromatic rings. The van der Waals surface area contributed by atoms with Crippen molar-refractivity contribution in [1.29, 1.82) is 0 Å². The zero-order chi connectivity index (χ0) is 17.7. The Morgan fingerprint density at radius 3 is 2.71 bits per heavy atom. The van der Waals surface area contributed by atoms with Crippen molar-refractivity contribution < 1.29 is 37.3 Å². The fourth-order valence-electron chi connectivity index (χ4n) is 2.36. The lowest BCUT2D eigenvalue weighted by Crippen LogP contribution is -2.48. The molecule has 6 nitrogen and oxygen atoms in total. The second-order valence-electron chi connectivity index (χ2n) is 5.19. The Morgan fingerprint density at radius 2 is 2.04 bits per heavy atom. The quantitative estimate of drug-likeness (QED) is 0.879. The number of carbonyl (C=O) groups is 2. The van der Waals surface area contributed by atoms with Crippen LogP contribution < -0.4 is 4.74 Å². The number of rotatable bonds is 5. The summed E-state index contributed by atoms with van der Waals surface area (Å²) in [5.74, 6) is -1.84. The molecule has 0 aliphatic carbocycles. The number of benzene rings is 1. The second kappa shape index (κ2) is 7.52. The standard InChI is InChI=1S/C15H16F3NO5/c16-15(17,18)24-11-4-2-1-3-10(11)5-6-13(20)19-7-8-23-12(9-19)14(21)22/h1-4,12H,5-9H2,(H,21,22)/t12-/m0/s1. The van der Waals surface area contributed by atoms with E-state index in [1.807, 2.05) is 0 Å². The lowest BCUT2D eigenvalue weighted by atomic mass is 10.1. The fourth-order valence-corrected chi connectivity index (χ4v) is 2.36. The van der Waals surface area contributed by atoms with E-state index in [9.17, 15) is 22.8 Å². The first kappa shape index (κ1) is 18.1. The van der Waals surface area contributed by atoms with Gasteiger partial charge in [0.1, 0.15) is 5.75 Å². The third-order valence-electron chi connectivity index (χ3n) is 3.50. The molecule has 9 heteroatoms. The van der Waals surface area contributed by atoms with E-state index in [0.717, 1.165) is 0 Å². The molecule has 1 heterocycles. The molecule has 24 heavy (non-hydrogen) atoms. The van der Waals surface area contributed by atoms with Gasteiger partial charge in [0.2, 0.25) is 5.91 Å². The van der Waals surface area contributed by atoms with Gasteiger partial charge in [-0.25, -0.2) is 4.79 Å². The zero-order valence-corrected chi connectivity index (χ0v) is 12.6. The Kier molecular flexibility index (Phi) is 5.66. The Bertz CT molecular complexity index is 605. The van der Waals surface area contributed by atoms with Gasteiger partial charge < -0.3 is 19.5 Å². The molecule has 1 aromatic carbocycles. The van der Waals surface area contributed by atoms with E-state index in [-0.39, 0.29) is 49.8 Å². The average Bonchev–Trinajstić information content (AvgIpc) is 2.52.